The predicted octanol–water partition coefficient (Wildman–Crippen LogP) is 4.43. The number of aryl methyl sites for hydroxylation is 1. The van der Waals surface area contributed by atoms with Crippen molar-refractivity contribution in [2.45, 2.75) is 13.5 Å². The van der Waals surface area contributed by atoms with Gasteiger partial charge >= 0.3 is 0 Å². The Morgan fingerprint density at radius 2 is 1.91 bits per heavy atom. The number of amides is 2. The summed E-state index contributed by atoms with van der Waals surface area (Å²) in [6.45, 7) is 2.12. The van der Waals surface area contributed by atoms with E-state index in [1.54, 1.807) is 12.1 Å². The van der Waals surface area contributed by atoms with Gasteiger partial charge in [-0.05, 0) is 71.1 Å². The van der Waals surface area contributed by atoms with E-state index in [1.807, 2.05) is 37.3 Å². The molecule has 0 saturated carbocycles. The molecular formula is C16H12INO3S. The van der Waals surface area contributed by atoms with Gasteiger partial charge in [-0.1, -0.05) is 12.1 Å². The lowest BCUT2D eigenvalue weighted by molar-refractivity contribution is -0.123. The van der Waals surface area contributed by atoms with Gasteiger partial charge in [0.2, 0.25) is 0 Å². The highest BCUT2D eigenvalue weighted by atomic mass is 127. The first-order valence-electron chi connectivity index (χ1n) is 6.59. The average molecular weight is 425 g/mol. The number of hydrogen-bond donors (Lipinski definition) is 0. The second-order valence-electron chi connectivity index (χ2n) is 4.84. The number of carbonyl (C=O) groups is 2. The fourth-order valence-electron chi connectivity index (χ4n) is 2.07. The predicted molar refractivity (Wildman–Crippen MR) is 94.1 cm³/mol. The molecule has 0 spiro atoms. The zero-order valence-electron chi connectivity index (χ0n) is 11.7. The minimum absolute atomic E-state index is 0.252. The van der Waals surface area contributed by atoms with Gasteiger partial charge in [-0.3, -0.25) is 14.5 Å². The number of furan rings is 1. The molecule has 1 aliphatic rings. The van der Waals surface area contributed by atoms with Crippen LogP contribution < -0.4 is 0 Å². The molecule has 3 rings (SSSR count). The van der Waals surface area contributed by atoms with Crippen LogP contribution >= 0.6 is 34.4 Å². The van der Waals surface area contributed by atoms with Crippen LogP contribution in [0, 0.1) is 10.5 Å². The number of nitrogens with zero attached hydrogens (tertiary/aromatic N) is 1. The Morgan fingerprint density at radius 3 is 2.55 bits per heavy atom. The van der Waals surface area contributed by atoms with E-state index in [4.69, 9.17) is 4.42 Å². The normalized spacial score (nSPS) is 16.8. The third-order valence-electron chi connectivity index (χ3n) is 3.16. The molecule has 0 unspecified atom stereocenters. The van der Waals surface area contributed by atoms with Gasteiger partial charge in [-0.25, -0.2) is 0 Å². The molecule has 6 heteroatoms. The molecule has 22 heavy (non-hydrogen) atoms. The molecule has 4 nitrogen and oxygen atoms in total. The maximum Gasteiger partial charge on any atom is 0.293 e. The van der Waals surface area contributed by atoms with Gasteiger partial charge < -0.3 is 4.42 Å². The van der Waals surface area contributed by atoms with Gasteiger partial charge in [0.05, 0.1) is 11.4 Å². The maximum atomic E-state index is 12.4. The monoisotopic (exact) mass is 425 g/mol. The number of imide groups is 1. The molecule has 1 saturated heterocycles. The Morgan fingerprint density at radius 1 is 1.18 bits per heavy atom. The number of carbonyl (C=O) groups excluding carboxylic acids is 2. The zero-order valence-corrected chi connectivity index (χ0v) is 14.7. The van der Waals surface area contributed by atoms with E-state index in [9.17, 15) is 9.59 Å². The van der Waals surface area contributed by atoms with E-state index in [0.717, 1.165) is 26.7 Å². The average Bonchev–Trinajstić information content (AvgIpc) is 3.00. The summed E-state index contributed by atoms with van der Waals surface area (Å²) >= 11 is 3.16. The highest BCUT2D eigenvalue weighted by Crippen LogP contribution is 2.33. The van der Waals surface area contributed by atoms with E-state index in [1.165, 1.54) is 4.90 Å². The van der Waals surface area contributed by atoms with Crippen LogP contribution in [0.5, 0.6) is 0 Å². The topological polar surface area (TPSA) is 50.5 Å². The Kier molecular flexibility index (Phi) is 4.39. The van der Waals surface area contributed by atoms with Crippen molar-refractivity contribution < 1.29 is 14.0 Å². The Bertz CT molecular complexity index is 764. The first kappa shape index (κ1) is 15.4. The molecule has 1 aromatic heterocycles. The number of halogens is 1. The van der Waals surface area contributed by atoms with E-state index in [0.29, 0.717) is 10.7 Å². The molecule has 112 valence electrons. The molecule has 0 aliphatic carbocycles. The van der Waals surface area contributed by atoms with Crippen molar-refractivity contribution in [2.75, 3.05) is 0 Å². The van der Waals surface area contributed by atoms with Crippen LogP contribution in [0.3, 0.4) is 0 Å². The van der Waals surface area contributed by atoms with Crippen LogP contribution in [0.15, 0.2) is 45.7 Å². The van der Waals surface area contributed by atoms with Crippen LogP contribution in [-0.2, 0) is 11.3 Å². The second-order valence-corrected chi connectivity index (χ2v) is 7.08. The van der Waals surface area contributed by atoms with Crippen molar-refractivity contribution in [1.82, 2.24) is 4.90 Å². The van der Waals surface area contributed by atoms with E-state index < -0.39 is 0 Å². The molecule has 0 radical (unpaired) electrons. The summed E-state index contributed by atoms with van der Waals surface area (Å²) in [5.74, 6) is 1.07. The van der Waals surface area contributed by atoms with Crippen molar-refractivity contribution in [3.63, 3.8) is 0 Å². The van der Waals surface area contributed by atoms with E-state index >= 15 is 0 Å². The summed E-state index contributed by atoms with van der Waals surface area (Å²) in [5.41, 5.74) is 0.929. The molecule has 2 amide bonds. The van der Waals surface area contributed by atoms with Gasteiger partial charge in [0, 0.05) is 9.65 Å². The molecule has 2 aromatic rings. The molecule has 2 heterocycles. The van der Waals surface area contributed by atoms with Crippen molar-refractivity contribution in [2.24, 2.45) is 0 Å². The lowest BCUT2D eigenvalue weighted by atomic mass is 10.2. The highest BCUT2D eigenvalue weighted by molar-refractivity contribution is 14.1. The van der Waals surface area contributed by atoms with Gasteiger partial charge in [-0.2, -0.15) is 0 Å². The number of hydrogen-bond acceptors (Lipinski definition) is 4. The van der Waals surface area contributed by atoms with Crippen LogP contribution in [-0.4, -0.2) is 16.0 Å². The Hall–Kier alpha value is -1.54. The summed E-state index contributed by atoms with van der Waals surface area (Å²) in [5, 5.41) is -0.252. The second kappa shape index (κ2) is 6.29. The molecule has 1 aliphatic heterocycles. The molecule has 1 aromatic carbocycles. The summed E-state index contributed by atoms with van der Waals surface area (Å²) in [4.78, 5) is 26.1. The van der Waals surface area contributed by atoms with Crippen LogP contribution in [0.25, 0.3) is 6.08 Å². The number of thioether (sulfide) groups is 1. The number of benzene rings is 1. The highest BCUT2D eigenvalue weighted by Gasteiger charge is 2.35. The zero-order chi connectivity index (χ0) is 15.7. The molecule has 1 fully saturated rings. The third kappa shape index (κ3) is 3.27. The van der Waals surface area contributed by atoms with Crippen molar-refractivity contribution in [3.05, 3.63) is 62.0 Å². The Labute approximate surface area is 145 Å². The summed E-state index contributed by atoms with van der Waals surface area (Å²) in [6.07, 6.45) is 1.62. The lowest BCUT2D eigenvalue weighted by Gasteiger charge is -2.12. The molecular weight excluding hydrogens is 413 g/mol. The van der Waals surface area contributed by atoms with E-state index in [-0.39, 0.29) is 17.7 Å². The minimum Gasteiger partial charge on any atom is -0.462 e. The van der Waals surface area contributed by atoms with Gasteiger partial charge in [0.15, 0.2) is 0 Å². The molecule has 0 N–H and O–H groups in total. The van der Waals surface area contributed by atoms with Crippen molar-refractivity contribution >= 4 is 51.6 Å². The maximum absolute atomic E-state index is 12.4. The fourth-order valence-corrected chi connectivity index (χ4v) is 3.25. The van der Waals surface area contributed by atoms with Crippen molar-refractivity contribution in [1.29, 1.82) is 0 Å². The van der Waals surface area contributed by atoms with Crippen LogP contribution in [0.2, 0.25) is 0 Å². The van der Waals surface area contributed by atoms with Gasteiger partial charge in [0.1, 0.15) is 11.5 Å². The SMILES string of the molecule is Cc1ccc(/C=C2\SC(=O)N(Cc3ccc(I)cc3)C2=O)o1. The van der Waals surface area contributed by atoms with Crippen LogP contribution in [0.4, 0.5) is 4.79 Å². The fraction of sp³-hybridized carbons (Fsp3) is 0.125. The first-order chi connectivity index (χ1) is 10.5. The quantitative estimate of drug-likeness (QED) is 0.540. The first-order valence-corrected chi connectivity index (χ1v) is 8.49. The smallest absolute Gasteiger partial charge is 0.293 e. The summed E-state index contributed by atoms with van der Waals surface area (Å²) in [6, 6.07) is 11.4. The Balaban J connectivity index is 1.79. The van der Waals surface area contributed by atoms with Crippen LogP contribution in [0.1, 0.15) is 17.1 Å². The van der Waals surface area contributed by atoms with Gasteiger partial charge in [-0.15, -0.1) is 0 Å². The van der Waals surface area contributed by atoms with E-state index in [2.05, 4.69) is 22.6 Å². The summed E-state index contributed by atoms with van der Waals surface area (Å²) < 4.78 is 6.54. The standard InChI is InChI=1S/C16H12INO3S/c1-10-2-7-13(21-10)8-14-15(19)18(16(20)22-14)9-11-3-5-12(17)6-4-11/h2-8H,9H2,1H3/b14-8-. The molecule has 0 bridgehead atoms. The summed E-state index contributed by atoms with van der Waals surface area (Å²) in [7, 11) is 0. The molecule has 0 atom stereocenters. The lowest BCUT2D eigenvalue weighted by Crippen LogP contribution is -2.27. The number of rotatable bonds is 3. The minimum atomic E-state index is -0.275. The third-order valence-corrected chi connectivity index (χ3v) is 4.79. The van der Waals surface area contributed by atoms with Crippen molar-refractivity contribution in [3.8, 4) is 0 Å². The van der Waals surface area contributed by atoms with Gasteiger partial charge in [0.25, 0.3) is 11.1 Å². The largest absolute Gasteiger partial charge is 0.462 e.